The van der Waals surface area contributed by atoms with E-state index in [2.05, 4.69) is 290 Å². The van der Waals surface area contributed by atoms with Crippen LogP contribution < -0.4 is 4.90 Å². The van der Waals surface area contributed by atoms with Gasteiger partial charge in [-0.1, -0.05) is 202 Å². The summed E-state index contributed by atoms with van der Waals surface area (Å²) in [6, 6.07) is 97.7. The number of hydrogen-bond donors (Lipinski definition) is 0. The van der Waals surface area contributed by atoms with Gasteiger partial charge >= 0.3 is 0 Å². The van der Waals surface area contributed by atoms with Crippen LogP contribution >= 0.6 is 0 Å². The second kappa shape index (κ2) is 17.2. The van der Waals surface area contributed by atoms with E-state index in [1.165, 1.54) is 105 Å². The molecule has 1 aliphatic rings. The fourth-order valence-corrected chi connectivity index (χ4v) is 11.1. The van der Waals surface area contributed by atoms with E-state index in [-0.39, 0.29) is 5.41 Å². The maximum absolute atomic E-state index is 2.45. The van der Waals surface area contributed by atoms with Gasteiger partial charge in [0, 0.05) is 38.9 Å². The van der Waals surface area contributed by atoms with Crippen molar-refractivity contribution in [3.63, 3.8) is 0 Å². The van der Waals surface area contributed by atoms with E-state index in [1.54, 1.807) is 0 Å². The molecule has 1 heterocycles. The molecule has 1 aromatic heterocycles. The Morgan fingerprint density at radius 1 is 0.282 bits per heavy atom. The normalized spacial score (nSPS) is 12.5. The van der Waals surface area contributed by atoms with E-state index >= 15 is 0 Å². The number of hydrogen-bond acceptors (Lipinski definition) is 1. The van der Waals surface area contributed by atoms with Gasteiger partial charge in [0.15, 0.2) is 0 Å². The fraction of sp³-hybridized carbons (Fsp3) is 0.0435. The zero-order valence-electron chi connectivity index (χ0n) is 39.8. The summed E-state index contributed by atoms with van der Waals surface area (Å²) in [6.45, 7) is 4.78. The van der Waals surface area contributed by atoms with Crippen LogP contribution in [-0.2, 0) is 5.41 Å². The van der Waals surface area contributed by atoms with Gasteiger partial charge in [-0.25, -0.2) is 0 Å². The molecule has 0 amide bonds. The highest BCUT2D eigenvalue weighted by Crippen LogP contribution is 2.52. The maximum atomic E-state index is 2.45. The lowest BCUT2D eigenvalue weighted by Gasteiger charge is -2.28. The maximum Gasteiger partial charge on any atom is 0.0541 e. The lowest BCUT2D eigenvalue weighted by Crippen LogP contribution is -2.16. The van der Waals surface area contributed by atoms with Gasteiger partial charge in [0.25, 0.3) is 0 Å². The van der Waals surface area contributed by atoms with Crippen molar-refractivity contribution in [1.82, 2.24) is 4.57 Å². The summed E-state index contributed by atoms with van der Waals surface area (Å²) in [4.78, 5) is 2.42. The largest absolute Gasteiger partial charge is 0.310 e. The summed E-state index contributed by atoms with van der Waals surface area (Å²) >= 11 is 0. The summed E-state index contributed by atoms with van der Waals surface area (Å²) < 4.78 is 2.39. The van der Waals surface area contributed by atoms with Crippen LogP contribution in [0, 0.1) is 0 Å². The van der Waals surface area contributed by atoms with Gasteiger partial charge in [-0.2, -0.15) is 0 Å². The molecule has 0 aliphatic heterocycles. The predicted molar refractivity (Wildman–Crippen MR) is 300 cm³/mol. The van der Waals surface area contributed by atoms with Crippen LogP contribution in [0.4, 0.5) is 17.1 Å². The summed E-state index contributed by atoms with van der Waals surface area (Å²) in [5, 5.41) is 2.52. The van der Waals surface area contributed by atoms with Gasteiger partial charge in [0.05, 0.1) is 11.0 Å². The third-order valence-corrected chi connectivity index (χ3v) is 14.8. The number of nitrogens with zero attached hydrogens (tertiary/aromatic N) is 2. The summed E-state index contributed by atoms with van der Waals surface area (Å²) in [7, 11) is 0. The number of benzene rings is 11. The van der Waals surface area contributed by atoms with Gasteiger partial charge in [0.2, 0.25) is 0 Å². The Bertz CT molecular complexity index is 3900. The van der Waals surface area contributed by atoms with Gasteiger partial charge in [-0.05, 0) is 157 Å². The SMILES string of the molecule is CC1(C)c2cc(-c3ccc4c(c3)c3ccccc3n4-c3ccccc3)ccc2-c2ccc(N(c3ccc(-c4ccc(-c5ccccc5)cc4)cc3)c3ccc(-c4cccc(-c5ccccc5)c4)cc3)cc21. The molecule has 71 heavy (non-hydrogen) atoms. The first-order valence-electron chi connectivity index (χ1n) is 24.7. The molecule has 0 radical (unpaired) electrons. The van der Waals surface area contributed by atoms with Crippen LogP contribution in [0.2, 0.25) is 0 Å². The second-order valence-corrected chi connectivity index (χ2v) is 19.4. The van der Waals surface area contributed by atoms with Crippen LogP contribution in [0.25, 0.3) is 94.3 Å². The van der Waals surface area contributed by atoms with Crippen LogP contribution in [0.5, 0.6) is 0 Å². The van der Waals surface area contributed by atoms with Crippen molar-refractivity contribution < 1.29 is 0 Å². The lowest BCUT2D eigenvalue weighted by molar-refractivity contribution is 0.660. The van der Waals surface area contributed by atoms with Crippen LogP contribution in [0.3, 0.4) is 0 Å². The molecule has 13 rings (SSSR count). The highest BCUT2D eigenvalue weighted by molar-refractivity contribution is 6.10. The molecule has 0 saturated heterocycles. The third kappa shape index (κ3) is 7.44. The van der Waals surface area contributed by atoms with Gasteiger partial charge in [-0.3, -0.25) is 0 Å². The molecule has 12 aromatic rings. The molecular formula is C69H50N2. The first-order chi connectivity index (χ1) is 34.9. The smallest absolute Gasteiger partial charge is 0.0541 e. The zero-order chi connectivity index (χ0) is 47.5. The standard InChI is InChI=1S/C69H50N2/c1-69(2)65-45-56(55-34-42-68-64(44-55)63-23-12-13-24-67(63)71(68)57-21-10-5-11-22-57)33-40-61(65)62-41-39-60(46-66(62)69)70(58-35-29-51(30-36-58)50-27-25-49(26-28-50)47-15-6-3-7-16-47)59-37-31-52(32-38-59)54-20-14-19-53(43-54)48-17-8-4-9-18-48/h3-46H,1-2H3. The second-order valence-electron chi connectivity index (χ2n) is 19.4. The Hall–Kier alpha value is -8.98. The van der Waals surface area contributed by atoms with E-state index < -0.39 is 0 Å². The lowest BCUT2D eigenvalue weighted by atomic mass is 9.81. The Morgan fingerprint density at radius 3 is 1.30 bits per heavy atom. The monoisotopic (exact) mass is 906 g/mol. The molecular weight excluding hydrogens is 857 g/mol. The minimum Gasteiger partial charge on any atom is -0.310 e. The summed E-state index contributed by atoms with van der Waals surface area (Å²) in [5.74, 6) is 0. The Morgan fingerprint density at radius 2 is 0.676 bits per heavy atom. The van der Waals surface area contributed by atoms with Crippen LogP contribution in [-0.4, -0.2) is 4.57 Å². The molecule has 0 fully saturated rings. The average Bonchev–Trinajstić information content (AvgIpc) is 3.89. The highest BCUT2D eigenvalue weighted by atomic mass is 15.1. The Balaban J connectivity index is 0.864. The minimum atomic E-state index is -0.237. The molecule has 0 atom stereocenters. The van der Waals surface area contributed by atoms with Gasteiger partial charge in [-0.15, -0.1) is 0 Å². The number of rotatable bonds is 9. The first-order valence-corrected chi connectivity index (χ1v) is 24.7. The molecule has 0 unspecified atom stereocenters. The molecule has 2 nitrogen and oxygen atoms in total. The van der Waals surface area contributed by atoms with Crippen molar-refractivity contribution >= 4 is 38.9 Å². The van der Waals surface area contributed by atoms with Crippen molar-refractivity contribution in [2.75, 3.05) is 4.90 Å². The number of aromatic nitrogens is 1. The molecule has 0 saturated carbocycles. The molecule has 0 bridgehead atoms. The van der Waals surface area contributed by atoms with Crippen molar-refractivity contribution in [3.8, 4) is 72.4 Å². The van der Waals surface area contributed by atoms with E-state index in [9.17, 15) is 0 Å². The van der Waals surface area contributed by atoms with Crippen molar-refractivity contribution in [2.24, 2.45) is 0 Å². The van der Waals surface area contributed by atoms with Crippen molar-refractivity contribution in [3.05, 3.63) is 278 Å². The minimum absolute atomic E-state index is 0.237. The zero-order valence-corrected chi connectivity index (χ0v) is 39.8. The topological polar surface area (TPSA) is 8.17 Å². The Labute approximate surface area is 416 Å². The molecule has 1 aliphatic carbocycles. The predicted octanol–water partition coefficient (Wildman–Crippen LogP) is 18.9. The van der Waals surface area contributed by atoms with Crippen molar-refractivity contribution in [1.29, 1.82) is 0 Å². The highest BCUT2D eigenvalue weighted by Gasteiger charge is 2.36. The summed E-state index contributed by atoms with van der Waals surface area (Å²) in [6.07, 6.45) is 0. The van der Waals surface area contributed by atoms with E-state index in [4.69, 9.17) is 0 Å². The quantitative estimate of drug-likeness (QED) is 0.140. The van der Waals surface area contributed by atoms with E-state index in [0.29, 0.717) is 0 Å². The number of para-hydroxylation sites is 2. The van der Waals surface area contributed by atoms with Gasteiger partial charge in [0.1, 0.15) is 0 Å². The molecule has 0 spiro atoms. The average molecular weight is 907 g/mol. The summed E-state index contributed by atoms with van der Waals surface area (Å²) in [5.41, 5.74) is 24.1. The number of anilines is 3. The van der Waals surface area contributed by atoms with Gasteiger partial charge < -0.3 is 9.47 Å². The molecule has 11 aromatic carbocycles. The van der Waals surface area contributed by atoms with Crippen LogP contribution in [0.1, 0.15) is 25.0 Å². The van der Waals surface area contributed by atoms with E-state index in [0.717, 1.165) is 17.1 Å². The molecule has 0 N–H and O–H groups in total. The Kier molecular flexibility index (Phi) is 10.2. The van der Waals surface area contributed by atoms with E-state index in [1.807, 2.05) is 0 Å². The molecule has 336 valence electrons. The third-order valence-electron chi connectivity index (χ3n) is 14.8. The number of fused-ring (bicyclic) bond motifs is 6. The first kappa shape index (κ1) is 42.1. The van der Waals surface area contributed by atoms with Crippen LogP contribution in [0.15, 0.2) is 267 Å². The van der Waals surface area contributed by atoms with Crippen molar-refractivity contribution in [2.45, 2.75) is 19.3 Å². The molecule has 2 heteroatoms. The fourth-order valence-electron chi connectivity index (χ4n) is 11.1.